The van der Waals surface area contributed by atoms with Crippen molar-refractivity contribution in [3.8, 4) is 0 Å². The average Bonchev–Trinajstić information content (AvgIpc) is 3.20. The van der Waals surface area contributed by atoms with Crippen LogP contribution in [-0.4, -0.2) is 10.8 Å². The highest BCUT2D eigenvalue weighted by Crippen LogP contribution is 2.21. The smallest absolute Gasteiger partial charge is 0.254 e. The average molecular weight is 343 g/mol. The molecule has 0 N–H and O–H groups in total. The van der Waals surface area contributed by atoms with Crippen molar-refractivity contribution in [3.63, 3.8) is 0 Å². The zero-order valence-electron chi connectivity index (χ0n) is 13.6. The lowest BCUT2D eigenvalue weighted by molar-refractivity contribution is 0.0719. The molecule has 1 amide bonds. The standard InChI is InChI=1S/C19H18FNO2S/c1-13-10-15(6-8-18(13)20)19(22)21(11-16-4-3-9-23-16)12-17-7-5-14(2)24-17/h3-10H,11-12H2,1-2H3. The Morgan fingerprint density at radius 3 is 2.62 bits per heavy atom. The number of benzene rings is 1. The summed E-state index contributed by atoms with van der Waals surface area (Å²) in [6, 6.07) is 12.2. The number of amides is 1. The summed E-state index contributed by atoms with van der Waals surface area (Å²) in [7, 11) is 0. The molecule has 3 nitrogen and oxygen atoms in total. The van der Waals surface area contributed by atoms with E-state index in [0.717, 1.165) is 10.6 Å². The van der Waals surface area contributed by atoms with E-state index in [9.17, 15) is 9.18 Å². The molecular weight excluding hydrogens is 325 g/mol. The highest BCUT2D eigenvalue weighted by atomic mass is 32.1. The third-order valence-corrected chi connectivity index (χ3v) is 4.75. The van der Waals surface area contributed by atoms with Gasteiger partial charge in [-0.25, -0.2) is 4.39 Å². The number of hydrogen-bond acceptors (Lipinski definition) is 3. The summed E-state index contributed by atoms with van der Waals surface area (Å²) in [4.78, 5) is 16.9. The third-order valence-electron chi connectivity index (χ3n) is 3.76. The molecule has 3 rings (SSSR count). The molecule has 0 aliphatic carbocycles. The quantitative estimate of drug-likeness (QED) is 0.657. The van der Waals surface area contributed by atoms with Gasteiger partial charge < -0.3 is 9.32 Å². The normalized spacial score (nSPS) is 10.8. The molecule has 24 heavy (non-hydrogen) atoms. The number of rotatable bonds is 5. The molecule has 0 unspecified atom stereocenters. The number of aryl methyl sites for hydroxylation is 2. The van der Waals surface area contributed by atoms with Crippen molar-refractivity contribution in [2.45, 2.75) is 26.9 Å². The predicted molar refractivity (Wildman–Crippen MR) is 92.5 cm³/mol. The Hall–Kier alpha value is -2.40. The minimum Gasteiger partial charge on any atom is -0.467 e. The maximum atomic E-state index is 13.5. The van der Waals surface area contributed by atoms with Crippen LogP contribution in [0.4, 0.5) is 4.39 Å². The molecule has 2 heterocycles. The zero-order valence-corrected chi connectivity index (χ0v) is 14.4. The Balaban J connectivity index is 1.87. The summed E-state index contributed by atoms with van der Waals surface area (Å²) in [5, 5.41) is 0. The van der Waals surface area contributed by atoms with Crippen molar-refractivity contribution < 1.29 is 13.6 Å². The fourth-order valence-electron chi connectivity index (χ4n) is 2.51. The van der Waals surface area contributed by atoms with E-state index < -0.39 is 0 Å². The highest BCUT2D eigenvalue weighted by Gasteiger charge is 2.19. The lowest BCUT2D eigenvalue weighted by atomic mass is 10.1. The van der Waals surface area contributed by atoms with Gasteiger partial charge in [-0.2, -0.15) is 0 Å². The largest absolute Gasteiger partial charge is 0.467 e. The minimum absolute atomic E-state index is 0.138. The van der Waals surface area contributed by atoms with Crippen LogP contribution in [0.2, 0.25) is 0 Å². The molecule has 0 bridgehead atoms. The van der Waals surface area contributed by atoms with Crippen LogP contribution < -0.4 is 0 Å². The van der Waals surface area contributed by atoms with Gasteiger partial charge in [0.2, 0.25) is 0 Å². The van der Waals surface area contributed by atoms with Crippen LogP contribution in [0.15, 0.2) is 53.1 Å². The van der Waals surface area contributed by atoms with Gasteiger partial charge >= 0.3 is 0 Å². The van der Waals surface area contributed by atoms with Crippen molar-refractivity contribution >= 4 is 17.2 Å². The van der Waals surface area contributed by atoms with Crippen LogP contribution in [0.5, 0.6) is 0 Å². The maximum Gasteiger partial charge on any atom is 0.254 e. The van der Waals surface area contributed by atoms with E-state index in [0.29, 0.717) is 24.2 Å². The van der Waals surface area contributed by atoms with Crippen LogP contribution in [0.3, 0.4) is 0 Å². The molecule has 3 aromatic rings. The molecule has 0 fully saturated rings. The van der Waals surface area contributed by atoms with Gasteiger partial charge in [0, 0.05) is 15.3 Å². The number of thiophene rings is 1. The van der Waals surface area contributed by atoms with E-state index in [2.05, 4.69) is 0 Å². The predicted octanol–water partition coefficient (Wildman–Crippen LogP) is 4.94. The summed E-state index contributed by atoms with van der Waals surface area (Å²) in [5.74, 6) is 0.272. The molecule has 5 heteroatoms. The Labute approximate surface area is 144 Å². The van der Waals surface area contributed by atoms with E-state index in [1.54, 1.807) is 41.6 Å². The molecule has 0 spiro atoms. The van der Waals surface area contributed by atoms with Crippen LogP contribution >= 0.6 is 11.3 Å². The first-order chi connectivity index (χ1) is 11.5. The summed E-state index contributed by atoms with van der Waals surface area (Å²) in [6.07, 6.45) is 1.59. The molecule has 0 aliphatic rings. The number of carbonyl (C=O) groups excluding carboxylic acids is 1. The second-order valence-electron chi connectivity index (χ2n) is 5.72. The van der Waals surface area contributed by atoms with E-state index in [-0.39, 0.29) is 11.7 Å². The number of furan rings is 1. The van der Waals surface area contributed by atoms with E-state index >= 15 is 0 Å². The van der Waals surface area contributed by atoms with Gasteiger partial charge in [-0.15, -0.1) is 11.3 Å². The van der Waals surface area contributed by atoms with Gasteiger partial charge in [0.25, 0.3) is 5.91 Å². The molecule has 0 atom stereocenters. The molecular formula is C19H18FNO2S. The van der Waals surface area contributed by atoms with Crippen molar-refractivity contribution in [2.24, 2.45) is 0 Å². The molecule has 2 aromatic heterocycles. The molecule has 0 saturated carbocycles. The third kappa shape index (κ3) is 3.74. The summed E-state index contributed by atoms with van der Waals surface area (Å²) in [5.41, 5.74) is 0.944. The van der Waals surface area contributed by atoms with Crippen LogP contribution in [0.1, 0.15) is 31.4 Å². The van der Waals surface area contributed by atoms with Gasteiger partial charge in [0.15, 0.2) is 0 Å². The van der Waals surface area contributed by atoms with Crippen molar-refractivity contribution in [1.82, 2.24) is 4.90 Å². The van der Waals surface area contributed by atoms with Gasteiger partial charge in [0.05, 0.1) is 19.4 Å². The number of carbonyl (C=O) groups is 1. The Morgan fingerprint density at radius 1 is 1.17 bits per heavy atom. The second-order valence-corrected chi connectivity index (χ2v) is 7.09. The Bertz CT molecular complexity index is 839. The van der Waals surface area contributed by atoms with Gasteiger partial charge in [-0.05, 0) is 61.9 Å². The molecule has 1 aromatic carbocycles. The van der Waals surface area contributed by atoms with Gasteiger partial charge in [-0.1, -0.05) is 0 Å². The van der Waals surface area contributed by atoms with Crippen LogP contribution in [0, 0.1) is 19.7 Å². The number of hydrogen-bond donors (Lipinski definition) is 0. The molecule has 0 saturated heterocycles. The summed E-state index contributed by atoms with van der Waals surface area (Å²) >= 11 is 1.66. The van der Waals surface area contributed by atoms with Gasteiger partial charge in [0.1, 0.15) is 11.6 Å². The van der Waals surface area contributed by atoms with E-state index in [1.165, 1.54) is 17.0 Å². The molecule has 0 aliphatic heterocycles. The zero-order chi connectivity index (χ0) is 17.1. The van der Waals surface area contributed by atoms with Crippen molar-refractivity contribution in [1.29, 1.82) is 0 Å². The molecule has 124 valence electrons. The monoisotopic (exact) mass is 343 g/mol. The lowest BCUT2D eigenvalue weighted by Gasteiger charge is -2.21. The summed E-state index contributed by atoms with van der Waals surface area (Å²) in [6.45, 7) is 4.56. The second kappa shape index (κ2) is 7.01. The van der Waals surface area contributed by atoms with Crippen LogP contribution in [-0.2, 0) is 13.1 Å². The van der Waals surface area contributed by atoms with Gasteiger partial charge in [-0.3, -0.25) is 4.79 Å². The van der Waals surface area contributed by atoms with Crippen molar-refractivity contribution in [2.75, 3.05) is 0 Å². The summed E-state index contributed by atoms with van der Waals surface area (Å²) < 4.78 is 18.9. The Morgan fingerprint density at radius 2 is 2.00 bits per heavy atom. The van der Waals surface area contributed by atoms with E-state index in [4.69, 9.17) is 4.42 Å². The fourth-order valence-corrected chi connectivity index (χ4v) is 3.41. The first-order valence-electron chi connectivity index (χ1n) is 7.66. The first kappa shape index (κ1) is 16.5. The van der Waals surface area contributed by atoms with E-state index in [1.807, 2.05) is 25.1 Å². The topological polar surface area (TPSA) is 33.5 Å². The lowest BCUT2D eigenvalue weighted by Crippen LogP contribution is -2.29. The fraction of sp³-hybridized carbons (Fsp3) is 0.211. The minimum atomic E-state index is -0.307. The first-order valence-corrected chi connectivity index (χ1v) is 8.47. The highest BCUT2D eigenvalue weighted by molar-refractivity contribution is 7.11. The maximum absolute atomic E-state index is 13.5. The SMILES string of the molecule is Cc1ccc(CN(Cc2ccco2)C(=O)c2ccc(F)c(C)c2)s1. The molecule has 0 radical (unpaired) electrons. The number of halogens is 1. The Kier molecular flexibility index (Phi) is 4.81. The van der Waals surface area contributed by atoms with Crippen molar-refractivity contribution in [3.05, 3.63) is 81.2 Å². The van der Waals surface area contributed by atoms with Crippen LogP contribution in [0.25, 0.3) is 0 Å². The number of nitrogens with zero attached hydrogens (tertiary/aromatic N) is 1.